The molecule has 0 amide bonds. The maximum atomic E-state index is 9.92. The Balaban J connectivity index is 1.86. The van der Waals surface area contributed by atoms with Gasteiger partial charge in [0.25, 0.3) is 0 Å². The van der Waals surface area contributed by atoms with Gasteiger partial charge in [-0.1, -0.05) is 55.5 Å². The molecule has 0 aliphatic heterocycles. The first-order chi connectivity index (χ1) is 9.79. The largest absolute Gasteiger partial charge is 0.388 e. The minimum Gasteiger partial charge on any atom is -0.388 e. The molecule has 0 saturated carbocycles. The lowest BCUT2D eigenvalue weighted by molar-refractivity contribution is 0.170. The van der Waals surface area contributed by atoms with E-state index in [0.29, 0.717) is 0 Å². The van der Waals surface area contributed by atoms with Crippen LogP contribution in [0.3, 0.4) is 0 Å². The maximum absolute atomic E-state index is 9.92. The summed E-state index contributed by atoms with van der Waals surface area (Å²) in [6.07, 6.45) is 3.35. The zero-order valence-corrected chi connectivity index (χ0v) is 12.6. The average molecular weight is 284 g/mol. The molecule has 20 heavy (non-hydrogen) atoms. The monoisotopic (exact) mass is 284 g/mol. The molecule has 2 aromatic rings. The molecule has 0 fully saturated rings. The van der Waals surface area contributed by atoms with Crippen molar-refractivity contribution >= 4 is 11.3 Å². The average Bonchev–Trinajstić information content (AvgIpc) is 2.94. The molecule has 0 saturated heterocycles. The molecular formula is C18H20OS. The number of benzene rings is 1. The molecular weight excluding hydrogens is 264 g/mol. The lowest BCUT2D eigenvalue weighted by atomic mass is 10.1. The van der Waals surface area contributed by atoms with Gasteiger partial charge in [-0.25, -0.2) is 0 Å². The van der Waals surface area contributed by atoms with Crippen LogP contribution in [0.5, 0.6) is 0 Å². The number of aliphatic hydroxyl groups is 1. The van der Waals surface area contributed by atoms with Gasteiger partial charge in [0.15, 0.2) is 0 Å². The smallest absolute Gasteiger partial charge is 0.0882 e. The van der Waals surface area contributed by atoms with Gasteiger partial charge in [0.2, 0.25) is 0 Å². The molecule has 0 radical (unpaired) electrons. The molecule has 2 rings (SSSR count). The zero-order valence-electron chi connectivity index (χ0n) is 11.8. The molecule has 0 aliphatic rings. The Morgan fingerprint density at radius 2 is 1.95 bits per heavy atom. The Bertz CT molecular complexity index is 574. The second-order valence-corrected chi connectivity index (χ2v) is 5.91. The van der Waals surface area contributed by atoms with Crippen molar-refractivity contribution in [3.63, 3.8) is 0 Å². The van der Waals surface area contributed by atoms with Gasteiger partial charge < -0.3 is 5.11 Å². The Morgan fingerprint density at radius 3 is 2.70 bits per heavy atom. The molecule has 1 N–H and O–H groups in total. The highest BCUT2D eigenvalue weighted by atomic mass is 32.1. The Morgan fingerprint density at radius 1 is 1.15 bits per heavy atom. The first-order valence-electron chi connectivity index (χ1n) is 7.10. The van der Waals surface area contributed by atoms with Crippen molar-refractivity contribution in [3.05, 3.63) is 57.8 Å². The predicted molar refractivity (Wildman–Crippen MR) is 85.8 cm³/mol. The molecule has 0 bridgehead atoms. The van der Waals surface area contributed by atoms with Crippen LogP contribution in [0.15, 0.2) is 42.5 Å². The highest BCUT2D eigenvalue weighted by Crippen LogP contribution is 2.25. The van der Waals surface area contributed by atoms with Gasteiger partial charge in [-0.15, -0.1) is 11.3 Å². The fourth-order valence-electron chi connectivity index (χ4n) is 2.02. The first-order valence-corrected chi connectivity index (χ1v) is 7.92. The number of hydrogen-bond donors (Lipinski definition) is 1. The second-order valence-electron chi connectivity index (χ2n) is 4.79. The number of rotatable bonds is 5. The van der Waals surface area contributed by atoms with Gasteiger partial charge in [-0.05, 0) is 30.5 Å². The van der Waals surface area contributed by atoms with E-state index in [4.69, 9.17) is 0 Å². The van der Waals surface area contributed by atoms with E-state index in [2.05, 4.69) is 43.0 Å². The van der Waals surface area contributed by atoms with Crippen molar-refractivity contribution in [2.75, 3.05) is 0 Å². The fraction of sp³-hybridized carbons (Fsp3) is 0.333. The highest BCUT2D eigenvalue weighted by molar-refractivity contribution is 7.12. The molecule has 1 heterocycles. The molecule has 1 atom stereocenters. The third-order valence-corrected chi connectivity index (χ3v) is 4.21. The maximum Gasteiger partial charge on any atom is 0.0882 e. The van der Waals surface area contributed by atoms with Gasteiger partial charge in [-0.2, -0.15) is 0 Å². The van der Waals surface area contributed by atoms with Gasteiger partial charge in [-0.3, -0.25) is 0 Å². The molecule has 0 spiro atoms. The van der Waals surface area contributed by atoms with E-state index in [-0.39, 0.29) is 6.10 Å². The summed E-state index contributed by atoms with van der Waals surface area (Å²) in [6.45, 7) is 2.08. The van der Waals surface area contributed by atoms with Crippen molar-refractivity contribution in [1.82, 2.24) is 0 Å². The van der Waals surface area contributed by atoms with E-state index in [9.17, 15) is 5.11 Å². The van der Waals surface area contributed by atoms with Crippen LogP contribution >= 0.6 is 11.3 Å². The van der Waals surface area contributed by atoms with E-state index < -0.39 is 0 Å². The predicted octanol–water partition coefficient (Wildman–Crippen LogP) is 4.57. The van der Waals surface area contributed by atoms with E-state index in [0.717, 1.165) is 35.4 Å². The molecule has 1 unspecified atom stereocenters. The minimum atomic E-state index is -0.329. The van der Waals surface area contributed by atoms with Crippen LogP contribution in [0.4, 0.5) is 0 Å². The van der Waals surface area contributed by atoms with Crippen LogP contribution in [0, 0.1) is 11.8 Å². The number of hydrogen-bond acceptors (Lipinski definition) is 2. The van der Waals surface area contributed by atoms with Crippen LogP contribution in [-0.2, 0) is 6.42 Å². The fourth-order valence-corrected chi connectivity index (χ4v) is 2.92. The molecule has 1 aromatic heterocycles. The van der Waals surface area contributed by atoms with Crippen LogP contribution in [-0.4, -0.2) is 5.11 Å². The quantitative estimate of drug-likeness (QED) is 0.798. The SMILES string of the molecule is CCCC(O)c1ccc(C#CCCc2ccccc2)s1. The van der Waals surface area contributed by atoms with Crippen molar-refractivity contribution in [2.45, 2.75) is 38.7 Å². The van der Waals surface area contributed by atoms with Gasteiger partial charge >= 0.3 is 0 Å². The Kier molecular flexibility index (Phi) is 5.86. The summed E-state index contributed by atoms with van der Waals surface area (Å²) in [4.78, 5) is 2.07. The van der Waals surface area contributed by atoms with Gasteiger partial charge in [0.05, 0.1) is 11.0 Å². The van der Waals surface area contributed by atoms with E-state index in [1.54, 1.807) is 11.3 Å². The van der Waals surface area contributed by atoms with Gasteiger partial charge in [0.1, 0.15) is 0 Å². The Hall–Kier alpha value is -1.56. The summed E-state index contributed by atoms with van der Waals surface area (Å²) in [5.41, 5.74) is 1.33. The lowest BCUT2D eigenvalue weighted by Crippen LogP contribution is -1.91. The summed E-state index contributed by atoms with van der Waals surface area (Å²) in [6, 6.07) is 14.4. The van der Waals surface area contributed by atoms with Gasteiger partial charge in [0, 0.05) is 11.3 Å². The Labute approximate surface area is 125 Å². The molecule has 1 aromatic carbocycles. The van der Waals surface area contributed by atoms with Crippen molar-refractivity contribution in [1.29, 1.82) is 0 Å². The van der Waals surface area contributed by atoms with Crippen molar-refractivity contribution in [2.24, 2.45) is 0 Å². The third-order valence-electron chi connectivity index (χ3n) is 3.11. The van der Waals surface area contributed by atoms with Crippen LogP contribution < -0.4 is 0 Å². The zero-order chi connectivity index (χ0) is 14.2. The summed E-state index contributed by atoms with van der Waals surface area (Å²) >= 11 is 1.60. The molecule has 0 aliphatic carbocycles. The first kappa shape index (κ1) is 14.8. The summed E-state index contributed by atoms with van der Waals surface area (Å²) in [7, 11) is 0. The summed E-state index contributed by atoms with van der Waals surface area (Å²) < 4.78 is 0. The minimum absolute atomic E-state index is 0.329. The number of aryl methyl sites for hydroxylation is 1. The van der Waals surface area contributed by atoms with Crippen molar-refractivity contribution < 1.29 is 5.11 Å². The summed E-state index contributed by atoms with van der Waals surface area (Å²) in [5.74, 6) is 6.40. The third kappa shape index (κ3) is 4.52. The second kappa shape index (κ2) is 7.89. The van der Waals surface area contributed by atoms with Crippen molar-refractivity contribution in [3.8, 4) is 11.8 Å². The highest BCUT2D eigenvalue weighted by Gasteiger charge is 2.08. The standard InChI is InChI=1S/C18H20OS/c1-2-8-17(19)18-14-13-16(20-18)12-7-6-11-15-9-4-3-5-10-15/h3-5,9-10,13-14,17,19H,2,6,8,11H2,1H3. The topological polar surface area (TPSA) is 20.2 Å². The number of aliphatic hydroxyl groups excluding tert-OH is 1. The number of thiophene rings is 1. The normalized spacial score (nSPS) is 11.7. The lowest BCUT2D eigenvalue weighted by Gasteiger charge is -2.04. The van der Waals surface area contributed by atoms with Crippen LogP contribution in [0.25, 0.3) is 0 Å². The molecule has 1 nitrogen and oxygen atoms in total. The molecule has 2 heteroatoms. The van der Waals surface area contributed by atoms with E-state index in [1.165, 1.54) is 5.56 Å². The van der Waals surface area contributed by atoms with E-state index in [1.807, 2.05) is 18.2 Å². The van der Waals surface area contributed by atoms with E-state index >= 15 is 0 Å². The molecule has 104 valence electrons. The van der Waals surface area contributed by atoms with Crippen LogP contribution in [0.1, 0.15) is 47.6 Å². The summed E-state index contributed by atoms with van der Waals surface area (Å²) in [5, 5.41) is 9.92. The van der Waals surface area contributed by atoms with Crippen LogP contribution in [0.2, 0.25) is 0 Å².